The van der Waals surface area contributed by atoms with Gasteiger partial charge in [0, 0.05) is 12.2 Å². The molecule has 0 fully saturated rings. The molecular formula is C15H20N2O2. The second-order valence-electron chi connectivity index (χ2n) is 4.80. The van der Waals surface area contributed by atoms with Crippen molar-refractivity contribution in [2.45, 2.75) is 26.8 Å². The van der Waals surface area contributed by atoms with Crippen molar-refractivity contribution < 1.29 is 9.47 Å². The largest absolute Gasteiger partial charge is 0.496 e. The van der Waals surface area contributed by atoms with E-state index in [0.717, 1.165) is 28.3 Å². The highest BCUT2D eigenvalue weighted by atomic mass is 16.5. The fourth-order valence-electron chi connectivity index (χ4n) is 2.22. The first-order valence-corrected chi connectivity index (χ1v) is 6.35. The number of methoxy groups -OCH3 is 2. The molecule has 1 aromatic carbocycles. The van der Waals surface area contributed by atoms with Crippen LogP contribution >= 0.6 is 0 Å². The summed E-state index contributed by atoms with van der Waals surface area (Å²) in [5.74, 6) is 1.61. The molecule has 0 radical (unpaired) electrons. The molecule has 4 nitrogen and oxygen atoms in total. The Morgan fingerprint density at radius 3 is 2.16 bits per heavy atom. The SMILES string of the molecule is COc1cc(C)cc(OC)c1-c1ccnn1C(C)C. The molecule has 19 heavy (non-hydrogen) atoms. The van der Waals surface area contributed by atoms with Gasteiger partial charge >= 0.3 is 0 Å². The summed E-state index contributed by atoms with van der Waals surface area (Å²) < 4.78 is 13.0. The molecule has 4 heteroatoms. The molecular weight excluding hydrogens is 240 g/mol. The number of nitrogens with zero attached hydrogens (tertiary/aromatic N) is 2. The average Bonchev–Trinajstić information content (AvgIpc) is 2.86. The monoisotopic (exact) mass is 260 g/mol. The average molecular weight is 260 g/mol. The number of aryl methyl sites for hydroxylation is 1. The summed E-state index contributed by atoms with van der Waals surface area (Å²) in [6.45, 7) is 6.22. The number of aromatic nitrogens is 2. The maximum atomic E-state index is 5.51. The van der Waals surface area contributed by atoms with E-state index >= 15 is 0 Å². The Hall–Kier alpha value is -1.97. The Balaban J connectivity index is 2.69. The van der Waals surface area contributed by atoms with Crippen LogP contribution in [0.5, 0.6) is 11.5 Å². The van der Waals surface area contributed by atoms with Gasteiger partial charge in [-0.1, -0.05) is 0 Å². The topological polar surface area (TPSA) is 36.3 Å². The first kappa shape index (κ1) is 13.5. The molecule has 0 bridgehead atoms. The lowest BCUT2D eigenvalue weighted by Crippen LogP contribution is -2.06. The zero-order valence-electron chi connectivity index (χ0n) is 12.1. The molecule has 102 valence electrons. The Morgan fingerprint density at radius 1 is 1.11 bits per heavy atom. The van der Waals surface area contributed by atoms with E-state index in [2.05, 4.69) is 18.9 Å². The van der Waals surface area contributed by atoms with E-state index in [1.165, 1.54) is 0 Å². The van der Waals surface area contributed by atoms with E-state index in [1.807, 2.05) is 29.8 Å². The van der Waals surface area contributed by atoms with Gasteiger partial charge in [0.05, 0.1) is 25.5 Å². The minimum atomic E-state index is 0.278. The third kappa shape index (κ3) is 2.43. The summed E-state index contributed by atoms with van der Waals surface area (Å²) in [4.78, 5) is 0. The van der Waals surface area contributed by atoms with Crippen LogP contribution in [0, 0.1) is 6.92 Å². The second kappa shape index (κ2) is 5.34. The maximum absolute atomic E-state index is 5.51. The molecule has 0 saturated carbocycles. The van der Waals surface area contributed by atoms with Gasteiger partial charge in [0.15, 0.2) is 0 Å². The maximum Gasteiger partial charge on any atom is 0.132 e. The summed E-state index contributed by atoms with van der Waals surface area (Å²) in [6, 6.07) is 6.28. The van der Waals surface area contributed by atoms with Crippen LogP contribution in [0.4, 0.5) is 0 Å². The number of benzene rings is 1. The molecule has 0 atom stereocenters. The van der Waals surface area contributed by atoms with Crippen molar-refractivity contribution in [1.29, 1.82) is 0 Å². The fourth-order valence-corrected chi connectivity index (χ4v) is 2.22. The van der Waals surface area contributed by atoms with Crippen LogP contribution in [-0.4, -0.2) is 24.0 Å². The quantitative estimate of drug-likeness (QED) is 0.844. The minimum absolute atomic E-state index is 0.278. The molecule has 1 heterocycles. The van der Waals surface area contributed by atoms with Gasteiger partial charge in [-0.2, -0.15) is 5.10 Å². The lowest BCUT2D eigenvalue weighted by atomic mass is 10.1. The van der Waals surface area contributed by atoms with E-state index in [-0.39, 0.29) is 6.04 Å². The van der Waals surface area contributed by atoms with Crippen LogP contribution in [0.15, 0.2) is 24.4 Å². The van der Waals surface area contributed by atoms with Crippen LogP contribution < -0.4 is 9.47 Å². The highest BCUT2D eigenvalue weighted by molar-refractivity contribution is 5.75. The smallest absolute Gasteiger partial charge is 0.132 e. The molecule has 0 aliphatic carbocycles. The molecule has 2 aromatic rings. The van der Waals surface area contributed by atoms with Crippen molar-refractivity contribution in [3.63, 3.8) is 0 Å². The summed E-state index contributed by atoms with van der Waals surface area (Å²) >= 11 is 0. The molecule has 1 aromatic heterocycles. The van der Waals surface area contributed by atoms with E-state index in [1.54, 1.807) is 20.4 Å². The fraction of sp³-hybridized carbons (Fsp3) is 0.400. The highest BCUT2D eigenvalue weighted by Gasteiger charge is 2.18. The molecule has 0 aliphatic rings. The van der Waals surface area contributed by atoms with E-state index in [0.29, 0.717) is 0 Å². The van der Waals surface area contributed by atoms with Crippen molar-refractivity contribution in [2.75, 3.05) is 14.2 Å². The predicted molar refractivity (Wildman–Crippen MR) is 75.9 cm³/mol. The van der Waals surface area contributed by atoms with Crippen molar-refractivity contribution in [1.82, 2.24) is 9.78 Å². The predicted octanol–water partition coefficient (Wildman–Crippen LogP) is 3.46. The molecule has 0 unspecified atom stereocenters. The van der Waals surface area contributed by atoms with E-state index in [9.17, 15) is 0 Å². The summed E-state index contributed by atoms with van der Waals surface area (Å²) in [7, 11) is 3.35. The molecule has 0 N–H and O–H groups in total. The lowest BCUT2D eigenvalue weighted by Gasteiger charge is -2.17. The number of hydrogen-bond donors (Lipinski definition) is 0. The summed E-state index contributed by atoms with van der Waals surface area (Å²) in [6.07, 6.45) is 1.80. The van der Waals surface area contributed by atoms with Crippen molar-refractivity contribution in [2.24, 2.45) is 0 Å². The van der Waals surface area contributed by atoms with Crippen LogP contribution in [-0.2, 0) is 0 Å². The zero-order valence-corrected chi connectivity index (χ0v) is 12.1. The highest BCUT2D eigenvalue weighted by Crippen LogP contribution is 2.39. The second-order valence-corrected chi connectivity index (χ2v) is 4.80. The van der Waals surface area contributed by atoms with Gasteiger partial charge in [0.25, 0.3) is 0 Å². The van der Waals surface area contributed by atoms with Gasteiger partial charge in [-0.25, -0.2) is 0 Å². The third-order valence-electron chi connectivity index (χ3n) is 3.07. The van der Waals surface area contributed by atoms with Crippen molar-refractivity contribution in [3.8, 4) is 22.8 Å². The van der Waals surface area contributed by atoms with Gasteiger partial charge in [-0.3, -0.25) is 4.68 Å². The Morgan fingerprint density at radius 2 is 1.68 bits per heavy atom. The first-order chi connectivity index (χ1) is 9.08. The number of ether oxygens (including phenoxy) is 2. The Bertz CT molecular complexity index is 548. The molecule has 0 aliphatic heterocycles. The molecule has 2 rings (SSSR count). The Labute approximate surface area is 114 Å². The van der Waals surface area contributed by atoms with Crippen LogP contribution in [0.2, 0.25) is 0 Å². The van der Waals surface area contributed by atoms with Crippen molar-refractivity contribution >= 4 is 0 Å². The normalized spacial score (nSPS) is 10.8. The van der Waals surface area contributed by atoms with Crippen LogP contribution in [0.1, 0.15) is 25.5 Å². The minimum Gasteiger partial charge on any atom is -0.496 e. The van der Waals surface area contributed by atoms with Gasteiger partial charge in [-0.15, -0.1) is 0 Å². The zero-order chi connectivity index (χ0) is 14.0. The van der Waals surface area contributed by atoms with Gasteiger partial charge < -0.3 is 9.47 Å². The van der Waals surface area contributed by atoms with Crippen molar-refractivity contribution in [3.05, 3.63) is 30.0 Å². The lowest BCUT2D eigenvalue weighted by molar-refractivity contribution is 0.395. The van der Waals surface area contributed by atoms with Gasteiger partial charge in [0.1, 0.15) is 11.5 Å². The van der Waals surface area contributed by atoms with Gasteiger partial charge in [-0.05, 0) is 44.5 Å². The molecule has 0 spiro atoms. The van der Waals surface area contributed by atoms with E-state index < -0.39 is 0 Å². The third-order valence-corrected chi connectivity index (χ3v) is 3.07. The van der Waals surface area contributed by atoms with Gasteiger partial charge in [0.2, 0.25) is 0 Å². The van der Waals surface area contributed by atoms with E-state index in [4.69, 9.17) is 9.47 Å². The molecule has 0 amide bonds. The summed E-state index contributed by atoms with van der Waals surface area (Å²) in [5.41, 5.74) is 3.05. The van der Waals surface area contributed by atoms with Crippen LogP contribution in [0.25, 0.3) is 11.3 Å². The summed E-state index contributed by atoms with van der Waals surface area (Å²) in [5, 5.41) is 4.37. The number of hydrogen-bond acceptors (Lipinski definition) is 3. The first-order valence-electron chi connectivity index (χ1n) is 6.35. The standard InChI is InChI=1S/C15H20N2O2/c1-10(2)17-12(6-7-16-17)15-13(18-4)8-11(3)9-14(15)19-5/h6-10H,1-5H3. The Kier molecular flexibility index (Phi) is 3.79. The number of rotatable bonds is 4. The molecule has 0 saturated heterocycles. The van der Waals surface area contributed by atoms with Crippen LogP contribution in [0.3, 0.4) is 0 Å².